The number of carboxylic acids is 1. The predicted molar refractivity (Wildman–Crippen MR) is 81.6 cm³/mol. The Hall–Kier alpha value is -2.13. The molecule has 1 aromatic rings. The summed E-state index contributed by atoms with van der Waals surface area (Å²) in [6.07, 6.45) is 2.41. The Morgan fingerprint density at radius 1 is 1.30 bits per heavy atom. The highest BCUT2D eigenvalue weighted by atomic mass is 19.1. The van der Waals surface area contributed by atoms with Crippen LogP contribution in [-0.2, 0) is 9.53 Å². The summed E-state index contributed by atoms with van der Waals surface area (Å²) in [6.45, 7) is 1.43. The van der Waals surface area contributed by atoms with E-state index in [4.69, 9.17) is 15.1 Å². The van der Waals surface area contributed by atoms with Crippen molar-refractivity contribution in [2.45, 2.75) is 37.9 Å². The number of aliphatic carboxylic acids is 1. The predicted octanol–water partition coefficient (Wildman–Crippen LogP) is 2.55. The second kappa shape index (κ2) is 6.55. The van der Waals surface area contributed by atoms with E-state index in [1.807, 2.05) is 11.0 Å². The molecule has 6 heteroatoms. The molecular weight excluding hydrogens is 299 g/mol. The van der Waals surface area contributed by atoms with E-state index in [0.717, 1.165) is 19.3 Å². The van der Waals surface area contributed by atoms with Gasteiger partial charge in [0, 0.05) is 13.1 Å². The zero-order valence-electron chi connectivity index (χ0n) is 12.7. The minimum atomic E-state index is -0.885. The highest BCUT2D eigenvalue weighted by Crippen LogP contribution is 2.33. The average molecular weight is 318 g/mol. The van der Waals surface area contributed by atoms with Gasteiger partial charge in [-0.1, -0.05) is 0 Å². The van der Waals surface area contributed by atoms with Gasteiger partial charge in [0.2, 0.25) is 0 Å². The largest absolute Gasteiger partial charge is 0.479 e. The lowest BCUT2D eigenvalue weighted by molar-refractivity contribution is -0.150. The maximum atomic E-state index is 14.1. The Bertz CT molecular complexity index is 635. The fraction of sp³-hybridized carbons (Fsp3) is 0.529. The van der Waals surface area contributed by atoms with Crippen LogP contribution in [0.25, 0.3) is 0 Å². The van der Waals surface area contributed by atoms with Crippen LogP contribution in [0.2, 0.25) is 0 Å². The molecular formula is C17H19FN2O3. The molecule has 5 nitrogen and oxygen atoms in total. The molecule has 2 aliphatic rings. The first-order chi connectivity index (χ1) is 11.1. The average Bonchev–Trinajstić information content (AvgIpc) is 3.05. The van der Waals surface area contributed by atoms with Gasteiger partial charge in [-0.25, -0.2) is 9.18 Å². The zero-order chi connectivity index (χ0) is 16.4. The minimum Gasteiger partial charge on any atom is -0.479 e. The van der Waals surface area contributed by atoms with E-state index in [2.05, 4.69) is 0 Å². The summed E-state index contributed by atoms with van der Waals surface area (Å²) in [7, 11) is 0. The first kappa shape index (κ1) is 15.8. The van der Waals surface area contributed by atoms with Crippen LogP contribution in [0.4, 0.5) is 10.1 Å². The molecule has 2 aliphatic heterocycles. The number of rotatable bonds is 3. The highest BCUT2D eigenvalue weighted by Gasteiger charge is 2.36. The number of hydrogen-bond donors (Lipinski definition) is 1. The number of hydrogen-bond acceptors (Lipinski definition) is 4. The fourth-order valence-electron chi connectivity index (χ4n) is 3.54. The molecule has 1 aromatic carbocycles. The van der Waals surface area contributed by atoms with Crippen molar-refractivity contribution in [2.75, 3.05) is 18.0 Å². The van der Waals surface area contributed by atoms with E-state index in [1.54, 1.807) is 12.1 Å². The summed E-state index contributed by atoms with van der Waals surface area (Å²) >= 11 is 0. The SMILES string of the molecule is N#Cc1ccc(N2CCC([C@@H]3CC[C@H](C(=O)O)O3)CC2)c(F)c1. The third kappa shape index (κ3) is 3.30. The number of carbonyl (C=O) groups is 1. The molecule has 0 aromatic heterocycles. The third-order valence-electron chi connectivity index (χ3n) is 4.81. The fourth-order valence-corrected chi connectivity index (χ4v) is 3.54. The van der Waals surface area contributed by atoms with Crippen LogP contribution in [0.5, 0.6) is 0 Å². The van der Waals surface area contributed by atoms with E-state index < -0.39 is 12.1 Å². The maximum absolute atomic E-state index is 14.1. The van der Waals surface area contributed by atoms with Gasteiger partial charge in [0.25, 0.3) is 0 Å². The molecule has 2 heterocycles. The lowest BCUT2D eigenvalue weighted by Crippen LogP contribution is -2.38. The number of carboxylic acid groups (broad SMARTS) is 1. The van der Waals surface area contributed by atoms with Gasteiger partial charge in [-0.3, -0.25) is 0 Å². The summed E-state index contributed by atoms with van der Waals surface area (Å²) in [5, 5.41) is 17.8. The van der Waals surface area contributed by atoms with Crippen LogP contribution in [0, 0.1) is 23.1 Å². The smallest absolute Gasteiger partial charge is 0.332 e. The molecule has 0 unspecified atom stereocenters. The van der Waals surface area contributed by atoms with Gasteiger partial charge in [0.05, 0.1) is 23.4 Å². The number of piperidine rings is 1. The molecule has 0 amide bonds. The topological polar surface area (TPSA) is 73.6 Å². The van der Waals surface area contributed by atoms with Crippen LogP contribution >= 0.6 is 0 Å². The van der Waals surface area contributed by atoms with Gasteiger partial charge >= 0.3 is 5.97 Å². The van der Waals surface area contributed by atoms with Crippen LogP contribution in [-0.4, -0.2) is 36.4 Å². The monoisotopic (exact) mass is 318 g/mol. The quantitative estimate of drug-likeness (QED) is 0.927. The summed E-state index contributed by atoms with van der Waals surface area (Å²) in [6, 6.07) is 6.48. The summed E-state index contributed by atoms with van der Waals surface area (Å²) < 4.78 is 19.7. The van der Waals surface area contributed by atoms with Crippen molar-refractivity contribution >= 4 is 11.7 Å². The Kier molecular flexibility index (Phi) is 4.49. The van der Waals surface area contributed by atoms with E-state index in [0.29, 0.717) is 36.7 Å². The van der Waals surface area contributed by atoms with Gasteiger partial charge in [0.1, 0.15) is 5.82 Å². The van der Waals surface area contributed by atoms with Crippen molar-refractivity contribution in [3.05, 3.63) is 29.6 Å². The number of nitrogens with zero attached hydrogens (tertiary/aromatic N) is 2. The second-order valence-electron chi connectivity index (χ2n) is 6.18. The van der Waals surface area contributed by atoms with E-state index in [-0.39, 0.29) is 11.9 Å². The molecule has 122 valence electrons. The molecule has 3 rings (SSSR count). The lowest BCUT2D eigenvalue weighted by atomic mass is 9.89. The zero-order valence-corrected chi connectivity index (χ0v) is 12.7. The lowest BCUT2D eigenvalue weighted by Gasteiger charge is -2.36. The van der Waals surface area contributed by atoms with Gasteiger partial charge in [-0.2, -0.15) is 5.26 Å². The number of ether oxygens (including phenoxy) is 1. The van der Waals surface area contributed by atoms with Crippen LogP contribution in [0.1, 0.15) is 31.2 Å². The molecule has 0 radical (unpaired) electrons. The molecule has 2 saturated heterocycles. The van der Waals surface area contributed by atoms with Crippen molar-refractivity contribution < 1.29 is 19.0 Å². The van der Waals surface area contributed by atoms with Crippen molar-refractivity contribution in [3.8, 4) is 6.07 Å². The highest BCUT2D eigenvalue weighted by molar-refractivity contribution is 5.72. The summed E-state index contributed by atoms with van der Waals surface area (Å²) in [5.74, 6) is -0.924. The molecule has 2 atom stereocenters. The van der Waals surface area contributed by atoms with Crippen molar-refractivity contribution in [2.24, 2.45) is 5.92 Å². The Labute approximate surface area is 134 Å². The first-order valence-corrected chi connectivity index (χ1v) is 7.91. The number of benzene rings is 1. The van der Waals surface area contributed by atoms with Gasteiger partial charge in [-0.05, 0) is 49.8 Å². The Balaban J connectivity index is 1.59. The molecule has 0 bridgehead atoms. The van der Waals surface area contributed by atoms with Crippen molar-refractivity contribution in [3.63, 3.8) is 0 Å². The number of nitriles is 1. The molecule has 2 fully saturated rings. The molecule has 23 heavy (non-hydrogen) atoms. The molecule has 0 spiro atoms. The summed E-state index contributed by atoms with van der Waals surface area (Å²) in [4.78, 5) is 12.9. The standard InChI is InChI=1S/C17H19FN2O3/c18-13-9-11(10-19)1-2-14(13)20-7-5-12(6-8-20)15-3-4-16(23-15)17(21)22/h1-2,9,12,15-16H,3-8H2,(H,21,22)/t15-,16+/m0/s1. The van der Waals surface area contributed by atoms with Gasteiger partial charge in [-0.15, -0.1) is 0 Å². The molecule has 0 aliphatic carbocycles. The first-order valence-electron chi connectivity index (χ1n) is 7.91. The molecule has 1 N–H and O–H groups in total. The Morgan fingerprint density at radius 3 is 2.61 bits per heavy atom. The number of anilines is 1. The van der Waals surface area contributed by atoms with Crippen molar-refractivity contribution in [1.82, 2.24) is 0 Å². The van der Waals surface area contributed by atoms with Crippen LogP contribution in [0.3, 0.4) is 0 Å². The van der Waals surface area contributed by atoms with E-state index in [1.165, 1.54) is 6.07 Å². The Morgan fingerprint density at radius 2 is 2.04 bits per heavy atom. The van der Waals surface area contributed by atoms with Gasteiger partial charge < -0.3 is 14.7 Å². The van der Waals surface area contributed by atoms with Gasteiger partial charge in [0.15, 0.2) is 6.10 Å². The van der Waals surface area contributed by atoms with Crippen molar-refractivity contribution in [1.29, 1.82) is 5.26 Å². The van der Waals surface area contributed by atoms with E-state index >= 15 is 0 Å². The number of halogens is 1. The van der Waals surface area contributed by atoms with E-state index in [9.17, 15) is 9.18 Å². The maximum Gasteiger partial charge on any atom is 0.332 e. The normalized spacial score (nSPS) is 25.3. The van der Waals surface area contributed by atoms with Crippen LogP contribution in [0.15, 0.2) is 18.2 Å². The second-order valence-corrected chi connectivity index (χ2v) is 6.18. The third-order valence-corrected chi connectivity index (χ3v) is 4.81. The summed E-state index contributed by atoms with van der Waals surface area (Å²) in [5.41, 5.74) is 0.846. The minimum absolute atomic E-state index is 0.00376. The van der Waals surface area contributed by atoms with Crippen LogP contribution < -0.4 is 4.90 Å². The molecule has 0 saturated carbocycles.